The molecule has 1 unspecified atom stereocenters. The predicted octanol–water partition coefficient (Wildman–Crippen LogP) is 3.45. The number of hydrogen-bond donors (Lipinski definition) is 0. The SMILES string of the molecule is Br.CC1C=CC=CN1CCc1ccc(C#N)cc1. The molecule has 0 fully saturated rings. The largest absolute Gasteiger partial charge is 0.371 e. The first-order valence-corrected chi connectivity index (χ1v) is 5.89. The maximum absolute atomic E-state index is 8.72. The maximum Gasteiger partial charge on any atom is 0.0991 e. The highest BCUT2D eigenvalue weighted by atomic mass is 79.9. The Hall–Kier alpha value is -1.53. The zero-order chi connectivity index (χ0) is 12.1. The summed E-state index contributed by atoms with van der Waals surface area (Å²) in [4.78, 5) is 2.32. The molecule has 2 nitrogen and oxygen atoms in total. The molecule has 0 saturated heterocycles. The van der Waals surface area contributed by atoms with Crippen molar-refractivity contribution >= 4 is 17.0 Å². The lowest BCUT2D eigenvalue weighted by molar-refractivity contribution is 0.336. The van der Waals surface area contributed by atoms with Crippen LogP contribution in [0.15, 0.2) is 48.7 Å². The first-order valence-electron chi connectivity index (χ1n) is 5.89. The second-order valence-electron chi connectivity index (χ2n) is 4.26. The van der Waals surface area contributed by atoms with Gasteiger partial charge in [0, 0.05) is 12.6 Å². The van der Waals surface area contributed by atoms with Gasteiger partial charge in [0.25, 0.3) is 0 Å². The van der Waals surface area contributed by atoms with Crippen molar-refractivity contribution < 1.29 is 0 Å². The molecular weight excluding hydrogens is 288 g/mol. The molecule has 2 rings (SSSR count). The van der Waals surface area contributed by atoms with Crippen LogP contribution in [0.3, 0.4) is 0 Å². The Morgan fingerprint density at radius 2 is 1.94 bits per heavy atom. The molecule has 0 aliphatic carbocycles. The molecule has 3 heteroatoms. The zero-order valence-corrected chi connectivity index (χ0v) is 12.1. The Kier molecular flexibility index (Phi) is 5.67. The predicted molar refractivity (Wildman–Crippen MR) is 79.6 cm³/mol. The molecule has 0 amide bonds. The Morgan fingerprint density at radius 1 is 1.22 bits per heavy atom. The number of nitrogens with zero attached hydrogens (tertiary/aromatic N) is 2. The van der Waals surface area contributed by atoms with Crippen LogP contribution >= 0.6 is 17.0 Å². The summed E-state index contributed by atoms with van der Waals surface area (Å²) in [7, 11) is 0. The van der Waals surface area contributed by atoms with E-state index < -0.39 is 0 Å². The number of allylic oxidation sites excluding steroid dienone is 2. The van der Waals surface area contributed by atoms with Crippen LogP contribution in [-0.4, -0.2) is 17.5 Å². The molecule has 1 heterocycles. The molecule has 1 aromatic carbocycles. The summed E-state index contributed by atoms with van der Waals surface area (Å²) in [6.07, 6.45) is 9.49. The minimum absolute atomic E-state index is 0. The summed E-state index contributed by atoms with van der Waals surface area (Å²) in [5.74, 6) is 0. The van der Waals surface area contributed by atoms with Crippen molar-refractivity contribution in [3.05, 3.63) is 59.8 Å². The van der Waals surface area contributed by atoms with E-state index in [1.807, 2.05) is 24.3 Å². The molecule has 0 bridgehead atoms. The van der Waals surface area contributed by atoms with Crippen LogP contribution in [0, 0.1) is 11.3 Å². The van der Waals surface area contributed by atoms with E-state index in [1.165, 1.54) is 5.56 Å². The average molecular weight is 305 g/mol. The van der Waals surface area contributed by atoms with Crippen LogP contribution in [0.2, 0.25) is 0 Å². The quantitative estimate of drug-likeness (QED) is 0.855. The monoisotopic (exact) mass is 304 g/mol. The molecule has 1 aliphatic rings. The fourth-order valence-electron chi connectivity index (χ4n) is 1.91. The van der Waals surface area contributed by atoms with Crippen molar-refractivity contribution in [3.63, 3.8) is 0 Å². The van der Waals surface area contributed by atoms with Gasteiger partial charge in [0.2, 0.25) is 0 Å². The lowest BCUT2D eigenvalue weighted by atomic mass is 10.1. The van der Waals surface area contributed by atoms with Crippen molar-refractivity contribution in [2.75, 3.05) is 6.54 Å². The van der Waals surface area contributed by atoms with Gasteiger partial charge in [-0.3, -0.25) is 0 Å². The van der Waals surface area contributed by atoms with Gasteiger partial charge in [-0.1, -0.05) is 24.3 Å². The highest BCUT2D eigenvalue weighted by Crippen LogP contribution is 2.10. The van der Waals surface area contributed by atoms with Crippen molar-refractivity contribution in [2.45, 2.75) is 19.4 Å². The second kappa shape index (κ2) is 7.03. The Morgan fingerprint density at radius 3 is 2.56 bits per heavy atom. The van der Waals surface area contributed by atoms with Crippen LogP contribution < -0.4 is 0 Å². The fourth-order valence-corrected chi connectivity index (χ4v) is 1.91. The first-order chi connectivity index (χ1) is 8.29. The fraction of sp³-hybridized carbons (Fsp3) is 0.267. The highest BCUT2D eigenvalue weighted by molar-refractivity contribution is 8.93. The van der Waals surface area contributed by atoms with Gasteiger partial charge in [-0.2, -0.15) is 5.26 Å². The molecule has 0 spiro atoms. The van der Waals surface area contributed by atoms with E-state index in [0.717, 1.165) is 18.5 Å². The smallest absolute Gasteiger partial charge is 0.0991 e. The van der Waals surface area contributed by atoms with E-state index in [0.29, 0.717) is 6.04 Å². The molecule has 94 valence electrons. The van der Waals surface area contributed by atoms with E-state index in [4.69, 9.17) is 5.26 Å². The van der Waals surface area contributed by atoms with Crippen molar-refractivity contribution in [1.29, 1.82) is 5.26 Å². The van der Waals surface area contributed by atoms with Crippen LogP contribution in [0.4, 0.5) is 0 Å². The third kappa shape index (κ3) is 3.75. The third-order valence-corrected chi connectivity index (χ3v) is 3.04. The Bertz CT molecular complexity index is 468. The number of rotatable bonds is 3. The van der Waals surface area contributed by atoms with Crippen LogP contribution in [-0.2, 0) is 6.42 Å². The van der Waals surface area contributed by atoms with Gasteiger partial charge < -0.3 is 4.90 Å². The van der Waals surface area contributed by atoms with Gasteiger partial charge in [0.05, 0.1) is 11.6 Å². The lowest BCUT2D eigenvalue weighted by Crippen LogP contribution is -2.29. The van der Waals surface area contributed by atoms with E-state index in [2.05, 4.69) is 42.3 Å². The molecule has 1 atom stereocenters. The molecule has 1 aliphatic heterocycles. The van der Waals surface area contributed by atoms with E-state index in [1.54, 1.807) is 0 Å². The minimum atomic E-state index is 0. The zero-order valence-electron chi connectivity index (χ0n) is 10.4. The number of halogens is 1. The normalized spacial score (nSPS) is 17.1. The van der Waals surface area contributed by atoms with Gasteiger partial charge in [0.15, 0.2) is 0 Å². The summed E-state index contributed by atoms with van der Waals surface area (Å²) in [5, 5.41) is 8.72. The van der Waals surface area contributed by atoms with Crippen LogP contribution in [0.1, 0.15) is 18.1 Å². The Labute approximate surface area is 119 Å². The van der Waals surface area contributed by atoms with Crippen LogP contribution in [0.25, 0.3) is 0 Å². The summed E-state index contributed by atoms with van der Waals surface area (Å²) in [5.41, 5.74) is 2.00. The topological polar surface area (TPSA) is 27.0 Å². The molecule has 1 aromatic rings. The summed E-state index contributed by atoms with van der Waals surface area (Å²) in [6, 6.07) is 10.4. The Balaban J connectivity index is 0.00000162. The van der Waals surface area contributed by atoms with Crippen molar-refractivity contribution in [3.8, 4) is 6.07 Å². The molecule has 0 aromatic heterocycles. The second-order valence-corrected chi connectivity index (χ2v) is 4.26. The number of hydrogen-bond acceptors (Lipinski definition) is 2. The molecule has 18 heavy (non-hydrogen) atoms. The van der Waals surface area contributed by atoms with Gasteiger partial charge in [-0.15, -0.1) is 17.0 Å². The first kappa shape index (κ1) is 14.5. The molecular formula is C15H17BrN2. The van der Waals surface area contributed by atoms with Crippen molar-refractivity contribution in [2.24, 2.45) is 0 Å². The standard InChI is InChI=1S/C15H16N2.BrH/c1-13-4-2-3-10-17(13)11-9-14-5-7-15(12-16)8-6-14;/h2-8,10,13H,9,11H2,1H3;1H. The number of nitriles is 1. The summed E-state index contributed by atoms with van der Waals surface area (Å²) < 4.78 is 0. The van der Waals surface area contributed by atoms with E-state index in [-0.39, 0.29) is 17.0 Å². The average Bonchev–Trinajstić information content (AvgIpc) is 2.38. The van der Waals surface area contributed by atoms with E-state index in [9.17, 15) is 0 Å². The minimum Gasteiger partial charge on any atom is -0.371 e. The van der Waals surface area contributed by atoms with Crippen molar-refractivity contribution in [1.82, 2.24) is 4.90 Å². The molecule has 0 N–H and O–H groups in total. The third-order valence-electron chi connectivity index (χ3n) is 3.04. The van der Waals surface area contributed by atoms with E-state index >= 15 is 0 Å². The summed E-state index contributed by atoms with van der Waals surface area (Å²) >= 11 is 0. The van der Waals surface area contributed by atoms with Crippen LogP contribution in [0.5, 0.6) is 0 Å². The molecule has 0 saturated carbocycles. The van der Waals surface area contributed by atoms with Gasteiger partial charge in [-0.05, 0) is 43.3 Å². The highest BCUT2D eigenvalue weighted by Gasteiger charge is 2.08. The maximum atomic E-state index is 8.72. The number of benzene rings is 1. The molecule has 0 radical (unpaired) electrons. The van der Waals surface area contributed by atoms with Gasteiger partial charge in [-0.25, -0.2) is 0 Å². The van der Waals surface area contributed by atoms with Gasteiger partial charge in [0.1, 0.15) is 0 Å². The lowest BCUT2D eigenvalue weighted by Gasteiger charge is -2.27. The summed E-state index contributed by atoms with van der Waals surface area (Å²) in [6.45, 7) is 3.20. The van der Waals surface area contributed by atoms with Gasteiger partial charge >= 0.3 is 0 Å².